The number of rotatable bonds is 7. The first-order valence-corrected chi connectivity index (χ1v) is 13.2. The van der Waals surface area contributed by atoms with Crippen LogP contribution in [0.2, 0.25) is 0 Å². The molecule has 1 aromatic carbocycles. The van der Waals surface area contributed by atoms with Crippen LogP contribution in [0.15, 0.2) is 73.1 Å². The van der Waals surface area contributed by atoms with Crippen LogP contribution in [0.3, 0.4) is 0 Å². The number of benzene rings is 1. The highest BCUT2D eigenvalue weighted by Crippen LogP contribution is 2.41. The summed E-state index contributed by atoms with van der Waals surface area (Å²) in [6.07, 6.45) is 3.93. The van der Waals surface area contributed by atoms with E-state index in [0.717, 1.165) is 45.3 Å². The van der Waals surface area contributed by atoms with Crippen molar-refractivity contribution in [3.05, 3.63) is 107 Å². The van der Waals surface area contributed by atoms with Gasteiger partial charge in [-0.2, -0.15) is 0 Å². The zero-order chi connectivity index (χ0) is 26.8. The van der Waals surface area contributed by atoms with Gasteiger partial charge >= 0.3 is 0 Å². The lowest BCUT2D eigenvalue weighted by Gasteiger charge is -2.28. The highest BCUT2D eigenvalue weighted by atomic mass is 32.1. The molecule has 4 aromatic rings. The van der Waals surface area contributed by atoms with Gasteiger partial charge in [0.25, 0.3) is 0 Å². The Kier molecular flexibility index (Phi) is 7.24. The third-order valence-electron chi connectivity index (χ3n) is 7.10. The first-order chi connectivity index (χ1) is 18.3. The third kappa shape index (κ3) is 5.04. The summed E-state index contributed by atoms with van der Waals surface area (Å²) in [5.74, 6) is 0.868. The summed E-state index contributed by atoms with van der Waals surface area (Å²) in [6.45, 7) is 8.79. The summed E-state index contributed by atoms with van der Waals surface area (Å²) in [5.41, 5.74) is 7.27. The van der Waals surface area contributed by atoms with Crippen molar-refractivity contribution in [3.8, 4) is 5.82 Å². The monoisotopic (exact) mass is 524 g/mol. The van der Waals surface area contributed by atoms with Crippen molar-refractivity contribution in [1.29, 1.82) is 0 Å². The maximum absolute atomic E-state index is 12.9. The Labute approximate surface area is 228 Å². The van der Waals surface area contributed by atoms with Gasteiger partial charge in [0.15, 0.2) is 5.11 Å². The maximum atomic E-state index is 12.9. The molecule has 0 bridgehead atoms. The van der Waals surface area contributed by atoms with Crippen molar-refractivity contribution >= 4 is 28.9 Å². The minimum absolute atomic E-state index is 0.0497. The van der Waals surface area contributed by atoms with Gasteiger partial charge in [-0.3, -0.25) is 9.78 Å². The molecule has 7 nitrogen and oxygen atoms in total. The smallest absolute Gasteiger partial charge is 0.226 e. The van der Waals surface area contributed by atoms with E-state index in [1.807, 2.05) is 61.7 Å². The number of aryl methyl sites for hydroxylation is 3. The second-order valence-electron chi connectivity index (χ2n) is 9.79. The fraction of sp³-hybridized carbons (Fsp3) is 0.267. The van der Waals surface area contributed by atoms with E-state index in [1.54, 1.807) is 6.20 Å². The average molecular weight is 525 g/mol. The number of amides is 1. The van der Waals surface area contributed by atoms with Gasteiger partial charge in [-0.15, -0.1) is 0 Å². The number of aromatic nitrogens is 3. The molecule has 194 valence electrons. The van der Waals surface area contributed by atoms with E-state index in [0.29, 0.717) is 18.1 Å². The molecule has 38 heavy (non-hydrogen) atoms. The van der Waals surface area contributed by atoms with Crippen molar-refractivity contribution in [3.63, 3.8) is 0 Å². The van der Waals surface area contributed by atoms with Crippen molar-refractivity contribution in [2.45, 2.75) is 46.2 Å². The van der Waals surface area contributed by atoms with Crippen molar-refractivity contribution in [1.82, 2.24) is 24.8 Å². The predicted molar refractivity (Wildman–Crippen MR) is 154 cm³/mol. The number of nitrogens with zero attached hydrogens (tertiary/aromatic N) is 4. The largest absolute Gasteiger partial charge is 0.352 e. The Morgan fingerprint density at radius 1 is 1.00 bits per heavy atom. The van der Waals surface area contributed by atoms with Gasteiger partial charge in [0, 0.05) is 42.4 Å². The highest BCUT2D eigenvalue weighted by Gasteiger charge is 2.41. The van der Waals surface area contributed by atoms with E-state index in [1.165, 1.54) is 0 Å². The standard InChI is InChI=1S/C30H32N6OS/c1-19-10-12-23(13-11-19)33-26(37)14-17-35-28(27(34-30(35)38)25-9-5-6-15-31-25)24-18-21(3)36(22(24)4)29-20(2)8-7-16-32-29/h5-13,15-16,18,27-28H,14,17H2,1-4H3,(H,33,37)(H,34,38)/t27-,28-/m1/s1. The summed E-state index contributed by atoms with van der Waals surface area (Å²) in [4.78, 5) is 24.3. The molecule has 1 aliphatic heterocycles. The number of nitrogens with one attached hydrogen (secondary N) is 2. The minimum atomic E-state index is -0.150. The van der Waals surface area contributed by atoms with Gasteiger partial charge < -0.3 is 20.1 Å². The first-order valence-electron chi connectivity index (χ1n) is 12.8. The van der Waals surface area contributed by atoms with Gasteiger partial charge in [0.2, 0.25) is 5.91 Å². The average Bonchev–Trinajstić information content (AvgIpc) is 3.39. The summed E-state index contributed by atoms with van der Waals surface area (Å²) in [7, 11) is 0. The van der Waals surface area contributed by atoms with Crippen LogP contribution < -0.4 is 10.6 Å². The summed E-state index contributed by atoms with van der Waals surface area (Å²) >= 11 is 5.82. The van der Waals surface area contributed by atoms with Crippen LogP contribution in [0.1, 0.15) is 52.3 Å². The number of hydrogen-bond donors (Lipinski definition) is 2. The summed E-state index contributed by atoms with van der Waals surface area (Å²) < 4.78 is 2.20. The maximum Gasteiger partial charge on any atom is 0.226 e. The predicted octanol–water partition coefficient (Wildman–Crippen LogP) is 5.50. The number of hydrogen-bond acceptors (Lipinski definition) is 4. The fourth-order valence-electron chi connectivity index (χ4n) is 5.19. The van der Waals surface area contributed by atoms with Gasteiger partial charge in [-0.25, -0.2) is 4.98 Å². The molecule has 4 heterocycles. The van der Waals surface area contributed by atoms with E-state index < -0.39 is 0 Å². The molecule has 0 spiro atoms. The van der Waals surface area contributed by atoms with Crippen LogP contribution in [0.25, 0.3) is 5.82 Å². The van der Waals surface area contributed by atoms with E-state index in [4.69, 9.17) is 12.2 Å². The van der Waals surface area contributed by atoms with Crippen LogP contribution >= 0.6 is 12.2 Å². The molecule has 5 rings (SSSR count). The van der Waals surface area contributed by atoms with Gasteiger partial charge in [0.05, 0.1) is 17.8 Å². The normalized spacial score (nSPS) is 16.9. The number of thiocarbonyl (C=S) groups is 1. The Balaban J connectivity index is 1.47. The SMILES string of the molecule is Cc1ccc(NC(=O)CCN2C(=S)N[C@H](c3ccccn3)[C@H]2c2cc(C)n(-c3ncccc3C)c2C)cc1. The van der Waals surface area contributed by atoms with Gasteiger partial charge in [0.1, 0.15) is 5.82 Å². The first kappa shape index (κ1) is 25.6. The number of carbonyl (C=O) groups is 1. The van der Waals surface area contributed by atoms with Crippen molar-refractivity contribution in [2.75, 3.05) is 11.9 Å². The minimum Gasteiger partial charge on any atom is -0.352 e. The molecule has 0 aliphatic carbocycles. The quantitative estimate of drug-likeness (QED) is 0.311. The molecule has 2 N–H and O–H groups in total. The third-order valence-corrected chi connectivity index (χ3v) is 7.45. The van der Waals surface area contributed by atoms with E-state index in [2.05, 4.69) is 63.0 Å². The number of carbonyl (C=O) groups excluding carboxylic acids is 1. The van der Waals surface area contributed by atoms with E-state index >= 15 is 0 Å². The molecule has 0 radical (unpaired) electrons. The fourth-order valence-corrected chi connectivity index (χ4v) is 5.52. The molecule has 1 aliphatic rings. The molecule has 8 heteroatoms. The Hall–Kier alpha value is -4.04. The molecule has 0 saturated carbocycles. The lowest BCUT2D eigenvalue weighted by atomic mass is 9.96. The zero-order valence-corrected chi connectivity index (χ0v) is 22.9. The highest BCUT2D eigenvalue weighted by molar-refractivity contribution is 7.80. The lowest BCUT2D eigenvalue weighted by molar-refractivity contribution is -0.116. The Morgan fingerprint density at radius 2 is 1.76 bits per heavy atom. The topological polar surface area (TPSA) is 75.1 Å². The molecule has 2 atom stereocenters. The number of pyridine rings is 2. The molecule has 1 saturated heterocycles. The summed E-state index contributed by atoms with van der Waals surface area (Å²) in [6, 6.07) is 19.7. The molecule has 1 amide bonds. The molecular formula is C30H32N6OS. The van der Waals surface area contributed by atoms with Crippen LogP contribution in [0, 0.1) is 27.7 Å². The number of anilines is 1. The van der Waals surface area contributed by atoms with Gasteiger partial charge in [-0.1, -0.05) is 29.8 Å². The second kappa shape index (κ2) is 10.8. The molecule has 1 fully saturated rings. The Morgan fingerprint density at radius 3 is 2.47 bits per heavy atom. The van der Waals surface area contributed by atoms with Crippen LogP contribution in [0.5, 0.6) is 0 Å². The summed E-state index contributed by atoms with van der Waals surface area (Å²) in [5, 5.41) is 7.12. The molecule has 3 aromatic heterocycles. The second-order valence-corrected chi connectivity index (χ2v) is 10.2. The van der Waals surface area contributed by atoms with E-state index in [9.17, 15) is 4.79 Å². The van der Waals surface area contributed by atoms with Crippen LogP contribution in [-0.2, 0) is 4.79 Å². The lowest BCUT2D eigenvalue weighted by Crippen LogP contribution is -2.32. The van der Waals surface area contributed by atoms with Crippen LogP contribution in [-0.4, -0.2) is 37.0 Å². The molecular weight excluding hydrogens is 492 g/mol. The van der Waals surface area contributed by atoms with E-state index in [-0.39, 0.29) is 18.0 Å². The Bertz CT molecular complexity index is 1460. The van der Waals surface area contributed by atoms with Crippen LogP contribution in [0.4, 0.5) is 5.69 Å². The van der Waals surface area contributed by atoms with Crippen molar-refractivity contribution < 1.29 is 4.79 Å². The van der Waals surface area contributed by atoms with Gasteiger partial charge in [-0.05, 0) is 87.4 Å². The van der Waals surface area contributed by atoms with Crippen molar-refractivity contribution in [2.24, 2.45) is 0 Å². The zero-order valence-electron chi connectivity index (χ0n) is 22.1. The molecule has 0 unspecified atom stereocenters.